The van der Waals surface area contributed by atoms with Gasteiger partial charge in [0.15, 0.2) is 0 Å². The number of hydrogen-bond donors (Lipinski definition) is 1. The molecule has 0 saturated heterocycles. The van der Waals surface area contributed by atoms with Crippen molar-refractivity contribution < 1.29 is 14.6 Å². The highest BCUT2D eigenvalue weighted by Crippen LogP contribution is 2.22. The van der Waals surface area contributed by atoms with E-state index in [1.54, 1.807) is 38.1 Å². The van der Waals surface area contributed by atoms with Gasteiger partial charge in [-0.05, 0) is 38.0 Å². The molecular weight excluding hydrogens is 216 g/mol. The first kappa shape index (κ1) is 13.3. The molecule has 0 bridgehead atoms. The number of ether oxygens (including phenoxy) is 1. The van der Waals surface area contributed by atoms with Crippen molar-refractivity contribution in [3.05, 3.63) is 35.4 Å². The molecule has 3 nitrogen and oxygen atoms in total. The minimum Gasteiger partial charge on any atom is -0.494 e. The first-order valence-corrected chi connectivity index (χ1v) is 5.70. The quantitative estimate of drug-likeness (QED) is 0.795. The van der Waals surface area contributed by atoms with Crippen LogP contribution in [0.25, 0.3) is 5.57 Å². The monoisotopic (exact) mass is 234 g/mol. The molecule has 17 heavy (non-hydrogen) atoms. The third-order valence-corrected chi connectivity index (χ3v) is 2.33. The van der Waals surface area contributed by atoms with Gasteiger partial charge >= 0.3 is 5.97 Å². The van der Waals surface area contributed by atoms with Crippen molar-refractivity contribution in [1.82, 2.24) is 0 Å². The van der Waals surface area contributed by atoms with Gasteiger partial charge in [-0.25, -0.2) is 4.79 Å². The SMILES string of the molecule is CCCOc1ccc(C(C(=O)O)=C(C)C)cc1. The smallest absolute Gasteiger partial charge is 0.336 e. The van der Waals surface area contributed by atoms with Crippen LogP contribution in [-0.4, -0.2) is 17.7 Å². The lowest BCUT2D eigenvalue weighted by atomic mass is 10.0. The molecule has 1 N–H and O–H groups in total. The molecular formula is C14H18O3. The largest absolute Gasteiger partial charge is 0.494 e. The molecule has 1 rings (SSSR count). The Morgan fingerprint density at radius 2 is 1.82 bits per heavy atom. The van der Waals surface area contributed by atoms with Crippen molar-refractivity contribution in [2.24, 2.45) is 0 Å². The summed E-state index contributed by atoms with van der Waals surface area (Å²) in [5, 5.41) is 9.12. The maximum atomic E-state index is 11.1. The van der Waals surface area contributed by atoms with E-state index in [1.807, 2.05) is 6.92 Å². The van der Waals surface area contributed by atoms with E-state index in [4.69, 9.17) is 9.84 Å². The summed E-state index contributed by atoms with van der Waals surface area (Å²) >= 11 is 0. The van der Waals surface area contributed by atoms with Crippen molar-refractivity contribution in [1.29, 1.82) is 0 Å². The van der Waals surface area contributed by atoms with Crippen molar-refractivity contribution in [2.75, 3.05) is 6.61 Å². The lowest BCUT2D eigenvalue weighted by molar-refractivity contribution is -0.130. The van der Waals surface area contributed by atoms with E-state index in [1.165, 1.54) is 0 Å². The number of carboxylic acids is 1. The van der Waals surface area contributed by atoms with Gasteiger partial charge in [-0.2, -0.15) is 0 Å². The lowest BCUT2D eigenvalue weighted by Crippen LogP contribution is -2.02. The van der Waals surface area contributed by atoms with E-state index in [2.05, 4.69) is 0 Å². The van der Waals surface area contributed by atoms with E-state index >= 15 is 0 Å². The highest BCUT2D eigenvalue weighted by Gasteiger charge is 2.11. The average Bonchev–Trinajstić information content (AvgIpc) is 2.27. The Morgan fingerprint density at radius 3 is 2.24 bits per heavy atom. The van der Waals surface area contributed by atoms with Gasteiger partial charge in [-0.15, -0.1) is 0 Å². The Balaban J connectivity index is 2.94. The van der Waals surface area contributed by atoms with Crippen LogP contribution in [0.2, 0.25) is 0 Å². The first-order valence-electron chi connectivity index (χ1n) is 5.70. The zero-order valence-electron chi connectivity index (χ0n) is 10.5. The van der Waals surface area contributed by atoms with Crippen LogP contribution >= 0.6 is 0 Å². The predicted octanol–water partition coefficient (Wildman–Crippen LogP) is 3.35. The van der Waals surface area contributed by atoms with Crippen molar-refractivity contribution in [2.45, 2.75) is 27.2 Å². The fraction of sp³-hybridized carbons (Fsp3) is 0.357. The van der Waals surface area contributed by atoms with Crippen LogP contribution in [0.15, 0.2) is 29.8 Å². The summed E-state index contributed by atoms with van der Waals surface area (Å²) in [7, 11) is 0. The minimum atomic E-state index is -0.896. The molecule has 0 aliphatic carbocycles. The molecule has 0 aliphatic heterocycles. The average molecular weight is 234 g/mol. The second-order valence-electron chi connectivity index (χ2n) is 4.05. The summed E-state index contributed by atoms with van der Waals surface area (Å²) in [4.78, 5) is 11.1. The normalized spacial score (nSPS) is 9.82. The topological polar surface area (TPSA) is 46.5 Å². The molecule has 0 heterocycles. The fourth-order valence-electron chi connectivity index (χ4n) is 1.56. The zero-order valence-corrected chi connectivity index (χ0v) is 10.5. The van der Waals surface area contributed by atoms with Crippen LogP contribution in [-0.2, 0) is 4.79 Å². The van der Waals surface area contributed by atoms with Gasteiger partial charge in [-0.1, -0.05) is 24.6 Å². The van der Waals surface area contributed by atoms with Crippen molar-refractivity contribution in [3.8, 4) is 5.75 Å². The van der Waals surface area contributed by atoms with E-state index in [0.717, 1.165) is 17.7 Å². The molecule has 0 radical (unpaired) electrons. The number of aliphatic carboxylic acids is 1. The van der Waals surface area contributed by atoms with E-state index in [9.17, 15) is 4.79 Å². The molecule has 0 amide bonds. The standard InChI is InChI=1S/C14H18O3/c1-4-9-17-12-7-5-11(6-8-12)13(10(2)3)14(15)16/h5-8H,4,9H2,1-3H3,(H,15,16). The molecule has 1 aromatic rings. The van der Waals surface area contributed by atoms with Gasteiger partial charge in [0, 0.05) is 0 Å². The number of carboxylic acid groups (broad SMARTS) is 1. The van der Waals surface area contributed by atoms with Crippen LogP contribution < -0.4 is 4.74 Å². The summed E-state index contributed by atoms with van der Waals surface area (Å²) in [5.41, 5.74) is 1.85. The summed E-state index contributed by atoms with van der Waals surface area (Å²) < 4.78 is 5.45. The fourth-order valence-corrected chi connectivity index (χ4v) is 1.56. The highest BCUT2D eigenvalue weighted by atomic mass is 16.5. The summed E-state index contributed by atoms with van der Waals surface area (Å²) in [5.74, 6) is -0.124. The van der Waals surface area contributed by atoms with E-state index < -0.39 is 5.97 Å². The maximum Gasteiger partial charge on any atom is 0.336 e. The summed E-state index contributed by atoms with van der Waals surface area (Å²) in [6.07, 6.45) is 0.954. The van der Waals surface area contributed by atoms with Gasteiger partial charge in [0.1, 0.15) is 5.75 Å². The molecule has 0 atom stereocenters. The molecule has 0 spiro atoms. The maximum absolute atomic E-state index is 11.1. The number of carbonyl (C=O) groups is 1. The molecule has 0 fully saturated rings. The lowest BCUT2D eigenvalue weighted by Gasteiger charge is -2.08. The van der Waals surface area contributed by atoms with E-state index in [-0.39, 0.29) is 0 Å². The molecule has 0 aromatic heterocycles. The van der Waals surface area contributed by atoms with Gasteiger partial charge in [0.05, 0.1) is 12.2 Å². The minimum absolute atomic E-state index is 0.354. The molecule has 92 valence electrons. The number of benzene rings is 1. The number of rotatable bonds is 5. The molecule has 0 unspecified atom stereocenters. The Hall–Kier alpha value is -1.77. The van der Waals surface area contributed by atoms with Crippen LogP contribution in [0.5, 0.6) is 5.75 Å². The molecule has 0 aliphatic rings. The zero-order chi connectivity index (χ0) is 12.8. The van der Waals surface area contributed by atoms with Crippen LogP contribution in [0.1, 0.15) is 32.8 Å². The third-order valence-electron chi connectivity index (χ3n) is 2.33. The van der Waals surface area contributed by atoms with Crippen molar-refractivity contribution >= 4 is 11.5 Å². The number of hydrogen-bond acceptors (Lipinski definition) is 2. The molecule has 3 heteroatoms. The van der Waals surface area contributed by atoms with Crippen LogP contribution in [0.4, 0.5) is 0 Å². The van der Waals surface area contributed by atoms with Gasteiger partial charge in [0.2, 0.25) is 0 Å². The van der Waals surface area contributed by atoms with Gasteiger partial charge in [-0.3, -0.25) is 0 Å². The Morgan fingerprint density at radius 1 is 1.24 bits per heavy atom. The summed E-state index contributed by atoms with van der Waals surface area (Å²) in [6.45, 7) is 6.31. The first-order chi connectivity index (χ1) is 8.06. The Bertz CT molecular complexity index is 412. The molecule has 0 saturated carbocycles. The van der Waals surface area contributed by atoms with Crippen molar-refractivity contribution in [3.63, 3.8) is 0 Å². The second-order valence-corrected chi connectivity index (χ2v) is 4.05. The number of allylic oxidation sites excluding steroid dienone is 1. The summed E-state index contributed by atoms with van der Waals surface area (Å²) in [6, 6.07) is 7.16. The third kappa shape index (κ3) is 3.63. The Kier molecular flexibility index (Phi) is 4.76. The Labute approximate surface area is 102 Å². The second kappa shape index (κ2) is 6.09. The highest BCUT2D eigenvalue weighted by molar-refractivity contribution is 6.16. The molecule has 1 aromatic carbocycles. The van der Waals surface area contributed by atoms with Gasteiger partial charge < -0.3 is 9.84 Å². The van der Waals surface area contributed by atoms with Crippen LogP contribution in [0, 0.1) is 0 Å². The van der Waals surface area contributed by atoms with Gasteiger partial charge in [0.25, 0.3) is 0 Å². The predicted molar refractivity (Wildman–Crippen MR) is 68.1 cm³/mol. The van der Waals surface area contributed by atoms with Crippen LogP contribution in [0.3, 0.4) is 0 Å². The van der Waals surface area contributed by atoms with E-state index in [0.29, 0.717) is 17.7 Å².